The Morgan fingerprint density at radius 2 is 1.73 bits per heavy atom. The highest BCUT2D eigenvalue weighted by Gasteiger charge is 2.31. The number of hydrogen-bond donors (Lipinski definition) is 0. The number of carbonyl (C=O) groups is 1. The van der Waals surface area contributed by atoms with E-state index in [0.717, 1.165) is 37.9 Å². The Balaban J connectivity index is 1.57. The average Bonchev–Trinajstić information content (AvgIpc) is 2.85. The molecule has 0 bridgehead atoms. The number of carbonyl (C=O) groups excluding carboxylic acids is 1. The zero-order valence-electron chi connectivity index (χ0n) is 18.8. The van der Waals surface area contributed by atoms with Crippen molar-refractivity contribution in [2.45, 2.75) is 25.2 Å². The van der Waals surface area contributed by atoms with E-state index in [2.05, 4.69) is 35.2 Å². The first-order chi connectivity index (χ1) is 16.2. The van der Waals surface area contributed by atoms with Gasteiger partial charge in [0.15, 0.2) is 11.7 Å². The summed E-state index contributed by atoms with van der Waals surface area (Å²) in [6.45, 7) is 1.96. The number of ether oxygens (including phenoxy) is 2. The molecule has 0 N–H and O–H groups in total. The number of piperidine rings is 1. The van der Waals surface area contributed by atoms with Crippen LogP contribution in [0.3, 0.4) is 0 Å². The number of benzene rings is 2. The Kier molecular flexibility index (Phi) is 7.48. The molecule has 33 heavy (non-hydrogen) atoms. The van der Waals surface area contributed by atoms with Crippen molar-refractivity contribution in [1.82, 2.24) is 9.97 Å². The third-order valence-corrected chi connectivity index (χ3v) is 6.03. The second-order valence-electron chi connectivity index (χ2n) is 8.26. The van der Waals surface area contributed by atoms with Gasteiger partial charge in [0.05, 0.1) is 23.7 Å². The molecule has 1 saturated heterocycles. The van der Waals surface area contributed by atoms with E-state index < -0.39 is 11.9 Å². The lowest BCUT2D eigenvalue weighted by Crippen LogP contribution is -2.36. The summed E-state index contributed by atoms with van der Waals surface area (Å²) in [5.74, 6) is -0.580. The molecule has 1 fully saturated rings. The fourth-order valence-electron chi connectivity index (χ4n) is 4.26. The molecule has 1 aliphatic rings. The summed E-state index contributed by atoms with van der Waals surface area (Å²) in [4.78, 5) is 24.4. The second kappa shape index (κ2) is 10.9. The van der Waals surface area contributed by atoms with E-state index in [9.17, 15) is 10.1 Å². The number of para-hydroxylation sites is 2. The topological polar surface area (TPSA) is 88.3 Å². The van der Waals surface area contributed by atoms with Crippen molar-refractivity contribution in [1.29, 1.82) is 5.26 Å². The summed E-state index contributed by atoms with van der Waals surface area (Å²) in [7, 11) is 1.53. The van der Waals surface area contributed by atoms with Gasteiger partial charge in [-0.3, -0.25) is 4.79 Å². The predicted octanol–water partition coefficient (Wildman–Crippen LogP) is 3.89. The van der Waals surface area contributed by atoms with Crippen LogP contribution in [0.5, 0.6) is 0 Å². The molecular weight excluding hydrogens is 416 g/mol. The third-order valence-electron chi connectivity index (χ3n) is 6.03. The molecule has 3 aromatic rings. The number of hydrogen-bond acceptors (Lipinski definition) is 7. The van der Waals surface area contributed by atoms with Crippen molar-refractivity contribution in [2.24, 2.45) is 5.92 Å². The fraction of sp³-hybridized carbons (Fsp3) is 0.385. The van der Waals surface area contributed by atoms with E-state index in [0.29, 0.717) is 22.9 Å². The zero-order valence-corrected chi connectivity index (χ0v) is 18.8. The first-order valence-corrected chi connectivity index (χ1v) is 11.3. The van der Waals surface area contributed by atoms with E-state index in [1.807, 2.05) is 30.3 Å². The fourth-order valence-corrected chi connectivity index (χ4v) is 4.26. The van der Waals surface area contributed by atoms with E-state index in [1.165, 1.54) is 12.7 Å². The van der Waals surface area contributed by atoms with Gasteiger partial charge in [-0.15, -0.1) is 0 Å². The van der Waals surface area contributed by atoms with Crippen LogP contribution in [-0.2, 0) is 20.7 Å². The highest BCUT2D eigenvalue weighted by atomic mass is 16.6. The number of methoxy groups -OCH3 is 1. The van der Waals surface area contributed by atoms with Crippen LogP contribution in [-0.4, -0.2) is 49.4 Å². The molecule has 0 spiro atoms. The Morgan fingerprint density at radius 1 is 1.06 bits per heavy atom. The lowest BCUT2D eigenvalue weighted by atomic mass is 9.90. The van der Waals surface area contributed by atoms with Gasteiger partial charge in [0.1, 0.15) is 12.3 Å². The van der Waals surface area contributed by atoms with Gasteiger partial charge in [-0.25, -0.2) is 9.97 Å². The average molecular weight is 445 g/mol. The summed E-state index contributed by atoms with van der Waals surface area (Å²) in [6.07, 6.45) is 3.08. The van der Waals surface area contributed by atoms with Crippen LogP contribution in [0.2, 0.25) is 0 Å². The number of nitrogens with zero attached hydrogens (tertiary/aromatic N) is 4. The Morgan fingerprint density at radius 3 is 2.39 bits per heavy atom. The molecule has 0 unspecified atom stereocenters. The van der Waals surface area contributed by atoms with Crippen molar-refractivity contribution in [3.05, 3.63) is 65.9 Å². The molecule has 4 rings (SSSR count). The molecule has 0 radical (unpaired) electrons. The molecule has 7 heteroatoms. The molecule has 0 saturated carbocycles. The van der Waals surface area contributed by atoms with Crippen LogP contribution in [0.15, 0.2) is 54.6 Å². The number of esters is 1. The summed E-state index contributed by atoms with van der Waals surface area (Å²) in [5, 5.41) is 9.84. The van der Waals surface area contributed by atoms with Crippen molar-refractivity contribution in [3.63, 3.8) is 0 Å². The van der Waals surface area contributed by atoms with Crippen molar-refractivity contribution < 1.29 is 14.3 Å². The molecule has 2 aromatic carbocycles. The molecule has 2 heterocycles. The maximum Gasteiger partial charge on any atom is 0.329 e. The van der Waals surface area contributed by atoms with Gasteiger partial charge >= 0.3 is 5.97 Å². The van der Waals surface area contributed by atoms with Crippen LogP contribution >= 0.6 is 0 Å². The normalized spacial score (nSPS) is 15.2. The second-order valence-corrected chi connectivity index (χ2v) is 8.26. The largest absolute Gasteiger partial charge is 0.462 e. The van der Waals surface area contributed by atoms with Crippen LogP contribution in [0, 0.1) is 17.2 Å². The van der Waals surface area contributed by atoms with Crippen LogP contribution in [0.25, 0.3) is 11.0 Å². The maximum atomic E-state index is 12.7. The minimum absolute atomic E-state index is 0.0920. The van der Waals surface area contributed by atoms with E-state index in [-0.39, 0.29) is 13.2 Å². The maximum absolute atomic E-state index is 12.7. The van der Waals surface area contributed by atoms with E-state index in [4.69, 9.17) is 19.4 Å². The molecule has 0 aliphatic carbocycles. The summed E-state index contributed by atoms with van der Waals surface area (Å²) in [5.41, 5.74) is 3.11. The Hall–Kier alpha value is -3.50. The molecule has 1 aromatic heterocycles. The van der Waals surface area contributed by atoms with Gasteiger partial charge in [0, 0.05) is 20.2 Å². The lowest BCUT2D eigenvalue weighted by Gasteiger charge is -2.34. The third kappa shape index (κ3) is 5.47. The van der Waals surface area contributed by atoms with Gasteiger partial charge in [-0.2, -0.15) is 5.26 Å². The quantitative estimate of drug-likeness (QED) is 0.385. The van der Waals surface area contributed by atoms with Crippen LogP contribution in [0.4, 0.5) is 5.82 Å². The molecular formula is C26H28N4O3. The van der Waals surface area contributed by atoms with Crippen molar-refractivity contribution in [2.75, 3.05) is 38.3 Å². The van der Waals surface area contributed by atoms with Crippen LogP contribution < -0.4 is 4.90 Å². The lowest BCUT2D eigenvalue weighted by molar-refractivity contribution is -0.145. The number of nitriles is 1. The standard InChI is InChI=1S/C26H28N4O3/c1-32-15-16-33-26(31)21(18-27)24-25(29-23-10-6-5-9-22(23)28-24)30-13-11-20(12-14-30)17-19-7-3-2-4-8-19/h2-10,20-21H,11-17H2,1H3/t21-/m1/s1. The number of anilines is 1. The molecule has 170 valence electrons. The molecule has 0 amide bonds. The smallest absolute Gasteiger partial charge is 0.329 e. The van der Waals surface area contributed by atoms with Gasteiger partial charge in [0.2, 0.25) is 0 Å². The minimum Gasteiger partial charge on any atom is -0.462 e. The summed E-state index contributed by atoms with van der Waals surface area (Å²) < 4.78 is 10.2. The number of fused-ring (bicyclic) bond motifs is 1. The van der Waals surface area contributed by atoms with E-state index in [1.54, 1.807) is 0 Å². The van der Waals surface area contributed by atoms with Gasteiger partial charge in [0.25, 0.3) is 0 Å². The predicted molar refractivity (Wildman–Crippen MR) is 126 cm³/mol. The van der Waals surface area contributed by atoms with Gasteiger partial charge in [-0.1, -0.05) is 42.5 Å². The summed E-state index contributed by atoms with van der Waals surface area (Å²) in [6, 6.07) is 20.1. The molecule has 7 nitrogen and oxygen atoms in total. The first kappa shape index (κ1) is 22.7. The monoisotopic (exact) mass is 444 g/mol. The SMILES string of the molecule is COCCOC(=O)[C@H](C#N)c1nc2ccccc2nc1N1CCC(Cc2ccccc2)CC1. The van der Waals surface area contributed by atoms with Gasteiger partial charge < -0.3 is 14.4 Å². The number of aromatic nitrogens is 2. The highest BCUT2D eigenvalue weighted by Crippen LogP contribution is 2.31. The Bertz CT molecular complexity index is 1120. The number of rotatable bonds is 8. The van der Waals surface area contributed by atoms with Crippen molar-refractivity contribution in [3.8, 4) is 6.07 Å². The summed E-state index contributed by atoms with van der Waals surface area (Å²) >= 11 is 0. The van der Waals surface area contributed by atoms with E-state index >= 15 is 0 Å². The van der Waals surface area contributed by atoms with Gasteiger partial charge in [-0.05, 0) is 42.9 Å². The highest BCUT2D eigenvalue weighted by molar-refractivity contribution is 5.85. The van der Waals surface area contributed by atoms with Crippen LogP contribution in [0.1, 0.15) is 30.0 Å². The minimum atomic E-state index is -1.14. The first-order valence-electron chi connectivity index (χ1n) is 11.3. The van der Waals surface area contributed by atoms with Crippen molar-refractivity contribution >= 4 is 22.8 Å². The Labute approximate surface area is 194 Å². The molecule has 1 aliphatic heterocycles. The zero-order chi connectivity index (χ0) is 23.0. The molecule has 1 atom stereocenters.